The number of nitrogens with zero attached hydrogens (tertiary/aromatic N) is 3. The molecule has 29 heavy (non-hydrogen) atoms. The molecule has 9 nitrogen and oxygen atoms in total. The van der Waals surface area contributed by atoms with Gasteiger partial charge < -0.3 is 14.3 Å². The van der Waals surface area contributed by atoms with Crippen LogP contribution in [0.3, 0.4) is 0 Å². The average Bonchev–Trinajstić information content (AvgIpc) is 3.40. The number of hydrogen-bond donors (Lipinski definition) is 1. The summed E-state index contributed by atoms with van der Waals surface area (Å²) in [5, 5.41) is 17.8. The standard InChI is InChI=1S/C20H14N4O5/c1-12-8-9-13(11-16(12)24(26)27)19(25)21-15-6-3-2-5-14(15)20-22-18(23-29-20)17-7-4-10-28-17/h2-11H,1H3,(H,21,25). The summed E-state index contributed by atoms with van der Waals surface area (Å²) in [6, 6.07) is 14.6. The van der Waals surface area contributed by atoms with Gasteiger partial charge in [0.1, 0.15) is 0 Å². The Morgan fingerprint density at radius 1 is 1.14 bits per heavy atom. The number of furan rings is 1. The molecule has 0 saturated heterocycles. The van der Waals surface area contributed by atoms with Gasteiger partial charge in [0, 0.05) is 17.2 Å². The molecule has 1 N–H and O–H groups in total. The Balaban J connectivity index is 1.63. The zero-order valence-electron chi connectivity index (χ0n) is 15.2. The lowest BCUT2D eigenvalue weighted by atomic mass is 10.1. The number of carbonyl (C=O) groups is 1. The van der Waals surface area contributed by atoms with Crippen LogP contribution >= 0.6 is 0 Å². The summed E-state index contributed by atoms with van der Waals surface area (Å²) in [6.45, 7) is 1.61. The van der Waals surface area contributed by atoms with Crippen molar-refractivity contribution in [1.29, 1.82) is 0 Å². The van der Waals surface area contributed by atoms with Gasteiger partial charge in [-0.25, -0.2) is 0 Å². The van der Waals surface area contributed by atoms with E-state index in [2.05, 4.69) is 15.5 Å². The molecule has 0 saturated carbocycles. The number of benzene rings is 2. The lowest BCUT2D eigenvalue weighted by Gasteiger charge is -2.09. The normalized spacial score (nSPS) is 10.7. The van der Waals surface area contributed by atoms with Crippen LogP contribution in [0.5, 0.6) is 0 Å². The zero-order chi connectivity index (χ0) is 20.4. The molecule has 4 rings (SSSR count). The number of rotatable bonds is 5. The molecule has 2 heterocycles. The quantitative estimate of drug-likeness (QED) is 0.394. The van der Waals surface area contributed by atoms with Gasteiger partial charge in [0.15, 0.2) is 5.76 Å². The third kappa shape index (κ3) is 3.61. The van der Waals surface area contributed by atoms with Crippen molar-refractivity contribution in [3.63, 3.8) is 0 Å². The molecule has 1 amide bonds. The number of aryl methyl sites for hydroxylation is 1. The molecule has 0 unspecified atom stereocenters. The van der Waals surface area contributed by atoms with Crippen LogP contribution in [0.1, 0.15) is 15.9 Å². The Labute approximate surface area is 164 Å². The SMILES string of the molecule is Cc1ccc(C(=O)Nc2ccccc2-c2nc(-c3ccco3)no2)cc1[N+](=O)[O-]. The molecule has 0 fully saturated rings. The van der Waals surface area contributed by atoms with Gasteiger partial charge in [-0.15, -0.1) is 0 Å². The highest BCUT2D eigenvalue weighted by molar-refractivity contribution is 6.06. The first-order chi connectivity index (χ1) is 14.0. The Hall–Kier alpha value is -4.27. The predicted molar refractivity (Wildman–Crippen MR) is 103 cm³/mol. The summed E-state index contributed by atoms with van der Waals surface area (Å²) in [5.41, 5.74) is 1.45. The Morgan fingerprint density at radius 3 is 2.72 bits per heavy atom. The summed E-state index contributed by atoms with van der Waals surface area (Å²) in [5.74, 6) is 0.433. The fourth-order valence-electron chi connectivity index (χ4n) is 2.76. The number of nitro benzene ring substituents is 1. The molecule has 0 bridgehead atoms. The van der Waals surface area contributed by atoms with E-state index in [4.69, 9.17) is 8.94 Å². The van der Waals surface area contributed by atoms with Gasteiger partial charge in [-0.05, 0) is 37.3 Å². The van der Waals surface area contributed by atoms with E-state index in [1.165, 1.54) is 24.5 Å². The van der Waals surface area contributed by atoms with Gasteiger partial charge in [-0.3, -0.25) is 14.9 Å². The molecular weight excluding hydrogens is 376 g/mol. The van der Waals surface area contributed by atoms with E-state index in [0.717, 1.165) is 0 Å². The van der Waals surface area contributed by atoms with Gasteiger partial charge in [0.05, 0.1) is 22.4 Å². The van der Waals surface area contributed by atoms with E-state index in [1.807, 2.05) is 0 Å². The van der Waals surface area contributed by atoms with Crippen molar-refractivity contribution in [2.75, 3.05) is 5.32 Å². The van der Waals surface area contributed by atoms with Gasteiger partial charge in [-0.1, -0.05) is 23.4 Å². The highest BCUT2D eigenvalue weighted by atomic mass is 16.6. The molecule has 4 aromatic rings. The number of carbonyl (C=O) groups excluding carboxylic acids is 1. The minimum absolute atomic E-state index is 0.120. The Bertz CT molecular complexity index is 1200. The minimum atomic E-state index is -0.519. The molecule has 2 aromatic carbocycles. The lowest BCUT2D eigenvalue weighted by molar-refractivity contribution is -0.385. The summed E-state index contributed by atoms with van der Waals surface area (Å²) >= 11 is 0. The monoisotopic (exact) mass is 390 g/mol. The third-order valence-corrected chi connectivity index (χ3v) is 4.24. The first kappa shape index (κ1) is 18.1. The van der Waals surface area contributed by atoms with Crippen LogP contribution in [0.25, 0.3) is 23.0 Å². The number of para-hydroxylation sites is 1. The highest BCUT2D eigenvalue weighted by Crippen LogP contribution is 2.29. The van der Waals surface area contributed by atoms with Crippen LogP contribution in [-0.2, 0) is 0 Å². The number of aromatic nitrogens is 2. The average molecular weight is 390 g/mol. The van der Waals surface area contributed by atoms with Crippen molar-refractivity contribution in [2.45, 2.75) is 6.92 Å². The largest absolute Gasteiger partial charge is 0.461 e. The van der Waals surface area contributed by atoms with Gasteiger partial charge in [0.25, 0.3) is 17.5 Å². The first-order valence-electron chi connectivity index (χ1n) is 8.56. The summed E-state index contributed by atoms with van der Waals surface area (Å²) < 4.78 is 10.6. The highest BCUT2D eigenvalue weighted by Gasteiger charge is 2.19. The van der Waals surface area contributed by atoms with Crippen LogP contribution in [0.4, 0.5) is 11.4 Å². The maximum atomic E-state index is 12.7. The second-order valence-electron chi connectivity index (χ2n) is 6.16. The summed E-state index contributed by atoms with van der Waals surface area (Å²) in [6.07, 6.45) is 1.50. The van der Waals surface area contributed by atoms with Crippen LogP contribution in [0.15, 0.2) is 69.8 Å². The molecule has 0 atom stereocenters. The van der Waals surface area contributed by atoms with Gasteiger partial charge >= 0.3 is 0 Å². The summed E-state index contributed by atoms with van der Waals surface area (Å²) in [7, 11) is 0. The van der Waals surface area contributed by atoms with Crippen molar-refractivity contribution >= 4 is 17.3 Å². The van der Waals surface area contributed by atoms with E-state index in [-0.39, 0.29) is 23.0 Å². The number of hydrogen-bond acceptors (Lipinski definition) is 7. The Morgan fingerprint density at radius 2 is 1.97 bits per heavy atom. The molecule has 0 aliphatic heterocycles. The van der Waals surface area contributed by atoms with Gasteiger partial charge in [0.2, 0.25) is 5.82 Å². The van der Waals surface area contributed by atoms with Crippen LogP contribution in [-0.4, -0.2) is 21.0 Å². The van der Waals surface area contributed by atoms with Crippen LogP contribution in [0, 0.1) is 17.0 Å². The van der Waals surface area contributed by atoms with Crippen molar-refractivity contribution in [3.05, 3.63) is 82.1 Å². The predicted octanol–water partition coefficient (Wildman–Crippen LogP) is 4.47. The molecule has 144 valence electrons. The lowest BCUT2D eigenvalue weighted by Crippen LogP contribution is -2.13. The smallest absolute Gasteiger partial charge is 0.273 e. The maximum absolute atomic E-state index is 12.7. The van der Waals surface area contributed by atoms with Gasteiger partial charge in [-0.2, -0.15) is 4.98 Å². The minimum Gasteiger partial charge on any atom is -0.461 e. The topological polar surface area (TPSA) is 124 Å². The fourth-order valence-corrected chi connectivity index (χ4v) is 2.76. The van der Waals surface area contributed by atoms with Crippen molar-refractivity contribution in [2.24, 2.45) is 0 Å². The Kier molecular flexibility index (Phi) is 4.62. The number of anilines is 1. The zero-order valence-corrected chi connectivity index (χ0v) is 15.2. The number of nitro groups is 1. The molecular formula is C20H14N4O5. The summed E-state index contributed by atoms with van der Waals surface area (Å²) in [4.78, 5) is 27.6. The van der Waals surface area contributed by atoms with E-state index in [1.54, 1.807) is 43.3 Å². The van der Waals surface area contributed by atoms with Crippen molar-refractivity contribution < 1.29 is 18.7 Å². The second-order valence-corrected chi connectivity index (χ2v) is 6.16. The molecule has 0 aliphatic carbocycles. The van der Waals surface area contributed by atoms with Crippen molar-refractivity contribution in [3.8, 4) is 23.0 Å². The van der Waals surface area contributed by atoms with E-state index in [9.17, 15) is 14.9 Å². The fraction of sp³-hybridized carbons (Fsp3) is 0.0500. The van der Waals surface area contributed by atoms with Crippen LogP contribution < -0.4 is 5.32 Å². The number of amides is 1. The molecule has 9 heteroatoms. The molecule has 2 aromatic heterocycles. The molecule has 0 spiro atoms. The van der Waals surface area contributed by atoms with Crippen LogP contribution in [0.2, 0.25) is 0 Å². The van der Waals surface area contributed by atoms with Crippen molar-refractivity contribution in [1.82, 2.24) is 10.1 Å². The third-order valence-electron chi connectivity index (χ3n) is 4.24. The van der Waals surface area contributed by atoms with E-state index in [0.29, 0.717) is 22.6 Å². The number of nitrogens with one attached hydrogen (secondary N) is 1. The maximum Gasteiger partial charge on any atom is 0.273 e. The van der Waals surface area contributed by atoms with E-state index < -0.39 is 10.8 Å². The second kappa shape index (κ2) is 7.39. The molecule has 0 aliphatic rings. The van der Waals surface area contributed by atoms with E-state index >= 15 is 0 Å². The molecule has 0 radical (unpaired) electrons. The first-order valence-corrected chi connectivity index (χ1v) is 8.56.